The molecule has 0 aromatic heterocycles. The molecule has 2 aliphatic carbocycles. The fraction of sp³-hybridized carbons (Fsp3) is 0.529. The average molecular weight is 863 g/mol. The minimum atomic E-state index is -0.803. The van der Waals surface area contributed by atoms with Crippen molar-refractivity contribution in [1.29, 1.82) is 0 Å². The molecule has 0 unspecified atom stereocenters. The standard InChI is InChI=1S/C51H62N2O10/c1-31-23-41(52(27-31)47(58)62-49(3,4)5)45(56)60-29-43(54)35-15-11-33(12-16-35)37-19-20-38(40-26-51(25-39(37)40)21-9-10-22-51)34-13-17-36(18-14-34)44(55)30-61-46(57)42-24-32(2)28-53(42)48(59)63-50(6,7)8/h11-20,31-32,41-42H,9-10,21-30H2,1-8H3/t31-,32-,41-,42-/m0/s1. The molecular formula is C51H62N2O10. The third-order valence-corrected chi connectivity index (χ3v) is 12.7. The molecule has 12 nitrogen and oxygen atoms in total. The highest BCUT2D eigenvalue weighted by molar-refractivity contribution is 6.00. The zero-order valence-electron chi connectivity index (χ0n) is 38.0. The van der Waals surface area contributed by atoms with Crippen LogP contribution in [0.15, 0.2) is 60.7 Å². The summed E-state index contributed by atoms with van der Waals surface area (Å²) in [6.07, 6.45) is 6.43. The molecule has 0 N–H and O–H groups in total. The fourth-order valence-electron chi connectivity index (χ4n) is 9.82. The Bertz CT molecular complexity index is 2090. The lowest BCUT2D eigenvalue weighted by Gasteiger charge is -2.27. The Balaban J connectivity index is 1.01. The first kappa shape index (κ1) is 45.5. The molecule has 2 amide bonds. The lowest BCUT2D eigenvalue weighted by molar-refractivity contribution is -0.148. The summed E-state index contributed by atoms with van der Waals surface area (Å²) in [5.74, 6) is -1.71. The Morgan fingerprint density at radius 1 is 0.571 bits per heavy atom. The van der Waals surface area contributed by atoms with Crippen molar-refractivity contribution in [2.75, 3.05) is 26.3 Å². The predicted octanol–water partition coefficient (Wildman–Crippen LogP) is 9.42. The van der Waals surface area contributed by atoms with Crippen molar-refractivity contribution in [1.82, 2.24) is 9.80 Å². The van der Waals surface area contributed by atoms with E-state index in [4.69, 9.17) is 18.9 Å². The quantitative estimate of drug-likeness (QED) is 0.110. The van der Waals surface area contributed by atoms with Gasteiger partial charge in [-0.3, -0.25) is 19.4 Å². The minimum absolute atomic E-state index is 0.0902. The molecule has 3 aromatic rings. The van der Waals surface area contributed by atoms with Crippen LogP contribution in [0.2, 0.25) is 0 Å². The second-order valence-electron chi connectivity index (χ2n) is 20.4. The molecule has 1 saturated carbocycles. The van der Waals surface area contributed by atoms with Gasteiger partial charge in [0, 0.05) is 24.2 Å². The normalized spacial score (nSPS) is 21.6. The van der Waals surface area contributed by atoms with Gasteiger partial charge < -0.3 is 18.9 Å². The Morgan fingerprint density at radius 2 is 0.937 bits per heavy atom. The lowest BCUT2D eigenvalue weighted by Crippen LogP contribution is -2.44. The van der Waals surface area contributed by atoms with Crippen LogP contribution in [-0.2, 0) is 41.4 Å². The molecule has 4 aliphatic rings. The van der Waals surface area contributed by atoms with Gasteiger partial charge in [0.05, 0.1) is 0 Å². The Labute approximate surface area is 371 Å². The zero-order valence-corrected chi connectivity index (χ0v) is 38.0. The van der Waals surface area contributed by atoms with Gasteiger partial charge in [-0.05, 0) is 131 Å². The summed E-state index contributed by atoms with van der Waals surface area (Å²) in [4.78, 5) is 81.2. The van der Waals surface area contributed by atoms with Gasteiger partial charge in [0.2, 0.25) is 0 Å². The smallest absolute Gasteiger partial charge is 0.411 e. The average Bonchev–Trinajstić information content (AvgIpc) is 4.03. The van der Waals surface area contributed by atoms with E-state index in [1.807, 2.05) is 38.1 Å². The predicted molar refractivity (Wildman–Crippen MR) is 237 cm³/mol. The number of Topliss-reactive ketones (excluding diaryl/α,β-unsaturated/α-hetero) is 2. The molecule has 0 radical (unpaired) electrons. The zero-order chi connectivity index (χ0) is 45.4. The number of ether oxygens (including phenoxy) is 4. The van der Waals surface area contributed by atoms with E-state index in [0.29, 0.717) is 37.1 Å². The van der Waals surface area contributed by atoms with Gasteiger partial charge in [0.15, 0.2) is 24.8 Å². The molecule has 3 aromatic carbocycles. The molecule has 7 rings (SSSR count). The van der Waals surface area contributed by atoms with E-state index in [1.54, 1.807) is 65.8 Å². The second-order valence-corrected chi connectivity index (χ2v) is 20.4. The topological polar surface area (TPSA) is 146 Å². The first-order valence-corrected chi connectivity index (χ1v) is 22.4. The van der Waals surface area contributed by atoms with Gasteiger partial charge in [0.1, 0.15) is 23.3 Å². The van der Waals surface area contributed by atoms with E-state index in [1.165, 1.54) is 46.6 Å². The number of likely N-dealkylation sites (tertiary alicyclic amines) is 2. The van der Waals surface area contributed by atoms with Crippen LogP contribution in [0.4, 0.5) is 9.59 Å². The lowest BCUT2D eigenvalue weighted by atomic mass is 9.82. The summed E-state index contributed by atoms with van der Waals surface area (Å²) in [6.45, 7) is 14.5. The maximum absolute atomic E-state index is 13.3. The number of hydrogen-bond donors (Lipinski definition) is 0. The van der Waals surface area contributed by atoms with Crippen molar-refractivity contribution < 1.29 is 47.7 Å². The van der Waals surface area contributed by atoms with Gasteiger partial charge >= 0.3 is 24.1 Å². The molecule has 0 bridgehead atoms. The molecule has 63 heavy (non-hydrogen) atoms. The molecular weight excluding hydrogens is 801 g/mol. The molecule has 336 valence electrons. The van der Waals surface area contributed by atoms with E-state index >= 15 is 0 Å². The van der Waals surface area contributed by atoms with Crippen LogP contribution in [0.25, 0.3) is 22.3 Å². The minimum Gasteiger partial charge on any atom is -0.456 e. The van der Waals surface area contributed by atoms with Crippen LogP contribution in [0, 0.1) is 17.3 Å². The van der Waals surface area contributed by atoms with E-state index in [-0.39, 0.29) is 28.8 Å². The highest BCUT2D eigenvalue weighted by atomic mass is 16.6. The maximum Gasteiger partial charge on any atom is 0.411 e. The van der Waals surface area contributed by atoms with Crippen molar-refractivity contribution in [2.45, 2.75) is 130 Å². The number of carbonyl (C=O) groups is 6. The first-order chi connectivity index (χ1) is 29.7. The van der Waals surface area contributed by atoms with Crippen molar-refractivity contribution in [2.24, 2.45) is 17.3 Å². The van der Waals surface area contributed by atoms with Crippen LogP contribution in [0.3, 0.4) is 0 Å². The molecule has 4 atom stereocenters. The van der Waals surface area contributed by atoms with Gasteiger partial charge in [0.25, 0.3) is 0 Å². The third-order valence-electron chi connectivity index (χ3n) is 12.7. The van der Waals surface area contributed by atoms with Crippen LogP contribution in [0.1, 0.15) is 126 Å². The largest absolute Gasteiger partial charge is 0.456 e. The number of esters is 2. The maximum atomic E-state index is 13.3. The van der Waals surface area contributed by atoms with Crippen molar-refractivity contribution >= 4 is 35.7 Å². The Morgan fingerprint density at radius 3 is 1.29 bits per heavy atom. The summed E-state index contributed by atoms with van der Waals surface area (Å²) in [6, 6.07) is 17.6. The number of ketones is 2. The Hall–Kier alpha value is -5.52. The van der Waals surface area contributed by atoms with Crippen molar-refractivity contribution in [3.63, 3.8) is 0 Å². The van der Waals surface area contributed by atoms with Gasteiger partial charge in [-0.1, -0.05) is 87.4 Å². The molecule has 2 aliphatic heterocycles. The molecule has 2 heterocycles. The number of nitrogens with zero attached hydrogens (tertiary/aromatic N) is 2. The van der Waals surface area contributed by atoms with Gasteiger partial charge in [-0.25, -0.2) is 19.2 Å². The monoisotopic (exact) mass is 862 g/mol. The second kappa shape index (κ2) is 17.9. The molecule has 1 spiro atoms. The highest BCUT2D eigenvalue weighted by Crippen LogP contribution is 2.53. The number of carbonyl (C=O) groups excluding carboxylic acids is 6. The molecule has 12 heteroatoms. The number of amides is 2. The first-order valence-electron chi connectivity index (χ1n) is 22.4. The summed E-state index contributed by atoms with van der Waals surface area (Å²) in [5, 5.41) is 0. The summed E-state index contributed by atoms with van der Waals surface area (Å²) in [7, 11) is 0. The number of fused-ring (bicyclic) bond motifs is 1. The van der Waals surface area contributed by atoms with Crippen molar-refractivity contribution in [3.8, 4) is 22.3 Å². The van der Waals surface area contributed by atoms with E-state index in [2.05, 4.69) is 12.1 Å². The number of hydrogen-bond acceptors (Lipinski definition) is 10. The van der Waals surface area contributed by atoms with E-state index in [9.17, 15) is 28.8 Å². The SMILES string of the molecule is C[C@H]1C[C@@H](C(=O)OCC(=O)c2ccc(-c3ccc(-c4ccc(C(=O)COC(=O)[C@@H]5C[C@H](C)CN5C(=O)OC(C)(C)C)cc4)c4c3CC3(CCCC3)C4)cc2)N(C(=O)OC(C)(C)C)C1. The molecule has 2 saturated heterocycles. The van der Waals surface area contributed by atoms with E-state index in [0.717, 1.165) is 35.1 Å². The molecule has 3 fully saturated rings. The third kappa shape index (κ3) is 10.5. The number of rotatable bonds is 10. The van der Waals surface area contributed by atoms with Gasteiger partial charge in [-0.15, -0.1) is 0 Å². The van der Waals surface area contributed by atoms with Crippen LogP contribution >= 0.6 is 0 Å². The summed E-state index contributed by atoms with van der Waals surface area (Å²) in [5.41, 5.74) is 6.48. The number of benzene rings is 3. The van der Waals surface area contributed by atoms with Crippen LogP contribution < -0.4 is 0 Å². The van der Waals surface area contributed by atoms with Crippen LogP contribution in [0.5, 0.6) is 0 Å². The van der Waals surface area contributed by atoms with Crippen molar-refractivity contribution in [3.05, 3.63) is 82.9 Å². The van der Waals surface area contributed by atoms with Crippen LogP contribution in [-0.4, -0.2) is 95.1 Å². The van der Waals surface area contributed by atoms with E-state index < -0.39 is 60.6 Å². The fourth-order valence-corrected chi connectivity index (χ4v) is 9.82. The summed E-state index contributed by atoms with van der Waals surface area (Å²) >= 11 is 0. The highest BCUT2D eigenvalue weighted by Gasteiger charge is 2.44. The van der Waals surface area contributed by atoms with Gasteiger partial charge in [-0.2, -0.15) is 0 Å². The Kier molecular flexibility index (Phi) is 12.9. The summed E-state index contributed by atoms with van der Waals surface area (Å²) < 4.78 is 22.0.